The van der Waals surface area contributed by atoms with Crippen LogP contribution < -0.4 is 5.32 Å². The largest absolute Gasteiger partial charge is 0.451 e. The van der Waals surface area contributed by atoms with E-state index in [-0.39, 0.29) is 17.9 Å². The minimum absolute atomic E-state index is 0.114. The van der Waals surface area contributed by atoms with Crippen LogP contribution in [-0.2, 0) is 12.7 Å². The van der Waals surface area contributed by atoms with E-state index >= 15 is 0 Å². The van der Waals surface area contributed by atoms with E-state index in [1.54, 1.807) is 18.2 Å². The van der Waals surface area contributed by atoms with Crippen molar-refractivity contribution in [3.63, 3.8) is 0 Å². The van der Waals surface area contributed by atoms with Crippen molar-refractivity contribution in [2.24, 2.45) is 0 Å². The Morgan fingerprint density at radius 1 is 0.848 bits per heavy atom. The van der Waals surface area contributed by atoms with Gasteiger partial charge in [-0.3, -0.25) is 0 Å². The average Bonchev–Trinajstić information content (AvgIpc) is 3.37. The van der Waals surface area contributed by atoms with Gasteiger partial charge in [-0.05, 0) is 45.3 Å². The summed E-state index contributed by atoms with van der Waals surface area (Å²) in [7, 11) is 0. The first-order valence-corrected chi connectivity index (χ1v) is 9.99. The predicted molar refractivity (Wildman–Crippen MR) is 117 cm³/mol. The van der Waals surface area contributed by atoms with Crippen molar-refractivity contribution in [3.05, 3.63) is 84.2 Å². The maximum atomic E-state index is 13.3. The molecular formula is C23H16F3N7. The molecule has 0 radical (unpaired) electrons. The Labute approximate surface area is 185 Å². The van der Waals surface area contributed by atoms with Gasteiger partial charge < -0.3 is 5.32 Å². The number of rotatable bonds is 5. The third-order valence-corrected chi connectivity index (χ3v) is 5.09. The number of nitrogens with one attached hydrogen (secondary N) is 2. The lowest BCUT2D eigenvalue weighted by Gasteiger charge is -2.14. The number of aromatic amines is 1. The summed E-state index contributed by atoms with van der Waals surface area (Å²) in [5, 5.41) is 17.7. The van der Waals surface area contributed by atoms with E-state index < -0.39 is 12.0 Å². The molecule has 2 heterocycles. The van der Waals surface area contributed by atoms with Crippen molar-refractivity contribution in [2.45, 2.75) is 12.7 Å². The van der Waals surface area contributed by atoms with E-state index in [4.69, 9.17) is 0 Å². The van der Waals surface area contributed by atoms with Gasteiger partial charge in [0, 0.05) is 17.5 Å². The van der Waals surface area contributed by atoms with Crippen molar-refractivity contribution in [1.29, 1.82) is 0 Å². The molecule has 7 nitrogen and oxygen atoms in total. The molecule has 0 aliphatic carbocycles. The number of halogens is 3. The summed E-state index contributed by atoms with van der Waals surface area (Å²) in [5.74, 6) is -0.581. The van der Waals surface area contributed by atoms with Gasteiger partial charge >= 0.3 is 6.18 Å². The van der Waals surface area contributed by atoms with Gasteiger partial charge in [-0.15, -0.1) is 5.10 Å². The molecule has 0 bridgehead atoms. The van der Waals surface area contributed by atoms with Gasteiger partial charge in [0.05, 0.1) is 5.52 Å². The molecule has 0 fully saturated rings. The first-order valence-electron chi connectivity index (χ1n) is 9.99. The lowest BCUT2D eigenvalue weighted by atomic mass is 9.97. The lowest BCUT2D eigenvalue weighted by molar-refractivity contribution is -0.144. The number of H-pyrrole nitrogens is 1. The van der Waals surface area contributed by atoms with Gasteiger partial charge in [0.1, 0.15) is 5.82 Å². The minimum Gasteiger partial charge on any atom is -0.365 e. The Kier molecular flexibility index (Phi) is 5.17. The molecule has 10 heteroatoms. The average molecular weight is 447 g/mol. The second-order valence-corrected chi connectivity index (χ2v) is 7.26. The number of nitrogens with zero attached hydrogens (tertiary/aromatic N) is 5. The van der Waals surface area contributed by atoms with Crippen LogP contribution in [0.15, 0.2) is 72.8 Å². The minimum atomic E-state index is -4.65. The van der Waals surface area contributed by atoms with Crippen LogP contribution in [0.2, 0.25) is 0 Å². The van der Waals surface area contributed by atoms with Crippen LogP contribution in [0, 0.1) is 0 Å². The number of hydrogen-bond donors (Lipinski definition) is 2. The molecular weight excluding hydrogens is 431 g/mol. The third kappa shape index (κ3) is 4.22. The second-order valence-electron chi connectivity index (χ2n) is 7.26. The molecule has 0 saturated heterocycles. The van der Waals surface area contributed by atoms with E-state index in [1.165, 1.54) is 6.07 Å². The number of alkyl halides is 3. The van der Waals surface area contributed by atoms with Gasteiger partial charge in [0.15, 0.2) is 5.82 Å². The SMILES string of the molecule is FC(F)(F)c1nc(NCc2ccc(-c3ccccc3)c(-c3nnn[nH]3)c2)c2ccccc2n1. The second kappa shape index (κ2) is 8.30. The maximum absolute atomic E-state index is 13.3. The summed E-state index contributed by atoms with van der Waals surface area (Å²) in [4.78, 5) is 7.39. The fourth-order valence-electron chi connectivity index (χ4n) is 3.56. The fourth-order valence-corrected chi connectivity index (χ4v) is 3.56. The topological polar surface area (TPSA) is 92.3 Å². The van der Waals surface area contributed by atoms with E-state index in [2.05, 4.69) is 35.9 Å². The Hall–Kier alpha value is -4.34. The molecule has 2 aromatic heterocycles. The molecule has 0 spiro atoms. The van der Waals surface area contributed by atoms with E-state index in [1.807, 2.05) is 48.5 Å². The van der Waals surface area contributed by atoms with E-state index in [0.717, 1.165) is 22.3 Å². The van der Waals surface area contributed by atoms with E-state index in [0.29, 0.717) is 11.2 Å². The normalized spacial score (nSPS) is 11.6. The number of benzene rings is 3. The van der Waals surface area contributed by atoms with Crippen LogP contribution in [0.25, 0.3) is 33.4 Å². The molecule has 0 unspecified atom stereocenters. The van der Waals surface area contributed by atoms with Gasteiger partial charge in [-0.25, -0.2) is 15.1 Å². The van der Waals surface area contributed by atoms with Gasteiger partial charge in [0.25, 0.3) is 0 Å². The number of para-hydroxylation sites is 1. The highest BCUT2D eigenvalue weighted by atomic mass is 19.4. The Morgan fingerprint density at radius 3 is 2.39 bits per heavy atom. The molecule has 33 heavy (non-hydrogen) atoms. The van der Waals surface area contributed by atoms with Crippen molar-refractivity contribution in [3.8, 4) is 22.5 Å². The van der Waals surface area contributed by atoms with Crippen LogP contribution >= 0.6 is 0 Å². The number of aromatic nitrogens is 6. The molecule has 164 valence electrons. The van der Waals surface area contributed by atoms with E-state index in [9.17, 15) is 13.2 Å². The zero-order chi connectivity index (χ0) is 22.8. The molecule has 0 atom stereocenters. The Morgan fingerprint density at radius 2 is 1.64 bits per heavy atom. The van der Waals surface area contributed by atoms with Crippen molar-refractivity contribution in [2.75, 3.05) is 5.32 Å². The van der Waals surface area contributed by atoms with Gasteiger partial charge in [-0.1, -0.05) is 54.6 Å². The highest BCUT2D eigenvalue weighted by molar-refractivity contribution is 5.89. The highest BCUT2D eigenvalue weighted by Gasteiger charge is 2.35. The Balaban J connectivity index is 1.51. The van der Waals surface area contributed by atoms with Crippen LogP contribution in [0.3, 0.4) is 0 Å². The fraction of sp³-hybridized carbons (Fsp3) is 0.0870. The molecule has 0 saturated carbocycles. The molecule has 0 aliphatic heterocycles. The third-order valence-electron chi connectivity index (χ3n) is 5.09. The number of hydrogen-bond acceptors (Lipinski definition) is 6. The maximum Gasteiger partial charge on any atom is 0.451 e. The molecule has 5 aromatic rings. The predicted octanol–water partition coefficient (Wildman–Crippen LogP) is 5.11. The number of tetrazole rings is 1. The van der Waals surface area contributed by atoms with Crippen molar-refractivity contribution < 1.29 is 13.2 Å². The highest BCUT2D eigenvalue weighted by Crippen LogP contribution is 2.32. The number of anilines is 1. The number of fused-ring (bicyclic) bond motifs is 1. The molecule has 3 aromatic carbocycles. The molecule has 2 N–H and O–H groups in total. The van der Waals surface area contributed by atoms with Crippen LogP contribution in [0.1, 0.15) is 11.4 Å². The summed E-state index contributed by atoms with van der Waals surface area (Å²) in [6, 6.07) is 22.1. The van der Waals surface area contributed by atoms with Gasteiger partial charge in [0.2, 0.25) is 5.82 Å². The van der Waals surface area contributed by atoms with Crippen molar-refractivity contribution in [1.82, 2.24) is 30.6 Å². The molecule has 0 aliphatic rings. The monoisotopic (exact) mass is 447 g/mol. The standard InChI is InChI=1S/C23H16F3N7/c24-23(25,26)22-28-19-9-5-4-8-17(19)20(29-22)27-13-14-10-11-16(15-6-2-1-3-7-15)18(12-14)21-30-32-33-31-21/h1-12H,13H2,(H,27,28,29)(H,30,31,32,33). The zero-order valence-electron chi connectivity index (χ0n) is 17.0. The van der Waals surface area contributed by atoms with Crippen LogP contribution in [0.5, 0.6) is 0 Å². The summed E-state index contributed by atoms with van der Waals surface area (Å²) < 4.78 is 39.9. The summed E-state index contributed by atoms with van der Waals surface area (Å²) in [5.41, 5.74) is 3.71. The lowest BCUT2D eigenvalue weighted by Crippen LogP contribution is -2.13. The first kappa shape index (κ1) is 20.6. The quantitative estimate of drug-likeness (QED) is 0.389. The van der Waals surface area contributed by atoms with Crippen LogP contribution in [-0.4, -0.2) is 30.6 Å². The zero-order valence-corrected chi connectivity index (χ0v) is 17.0. The summed E-state index contributed by atoms with van der Waals surface area (Å²) >= 11 is 0. The Bertz CT molecular complexity index is 1400. The first-order chi connectivity index (χ1) is 16.0. The summed E-state index contributed by atoms with van der Waals surface area (Å²) in [6.45, 7) is 0.238. The van der Waals surface area contributed by atoms with Crippen molar-refractivity contribution >= 4 is 16.7 Å². The molecule has 5 rings (SSSR count). The smallest absolute Gasteiger partial charge is 0.365 e. The van der Waals surface area contributed by atoms with Crippen LogP contribution in [0.4, 0.5) is 19.0 Å². The molecule has 0 amide bonds. The summed E-state index contributed by atoms with van der Waals surface area (Å²) in [6.07, 6.45) is -4.65. The van der Waals surface area contributed by atoms with Gasteiger partial charge in [-0.2, -0.15) is 13.2 Å².